The summed E-state index contributed by atoms with van der Waals surface area (Å²) in [4.78, 5) is 22.6. The number of aliphatic hydroxyl groups excluding tert-OH is 2. The number of phenolic OH excluding ortho intramolecular Hbond substituents is 1. The standard InChI is InChI=1S/C21H18O6/c22-12-16-9-14(3-7-20(16)26)1-5-18(24)11-19(25)6-2-15-4-8-21(27)17(10-15)13-23/h1-12,23,25-27H,13H2/b5-1+,6-2+,19-11?. The molecule has 2 rings (SSSR count). The van der Waals surface area contributed by atoms with Crippen LogP contribution in [0.15, 0.2) is 60.4 Å². The van der Waals surface area contributed by atoms with Crippen molar-refractivity contribution in [2.24, 2.45) is 0 Å². The highest BCUT2D eigenvalue weighted by Gasteiger charge is 2.01. The minimum atomic E-state index is -0.473. The van der Waals surface area contributed by atoms with Gasteiger partial charge in [0.2, 0.25) is 0 Å². The minimum absolute atomic E-state index is 0.0262. The van der Waals surface area contributed by atoms with Crippen molar-refractivity contribution in [1.29, 1.82) is 0 Å². The normalized spacial score (nSPS) is 12.0. The van der Waals surface area contributed by atoms with Gasteiger partial charge in [-0.05, 0) is 47.5 Å². The highest BCUT2D eigenvalue weighted by Crippen LogP contribution is 2.19. The van der Waals surface area contributed by atoms with E-state index < -0.39 is 5.78 Å². The molecule has 0 aliphatic rings. The molecular formula is C21H18O6. The molecule has 0 aliphatic heterocycles. The predicted octanol–water partition coefficient (Wildman–Crippen LogP) is 3.14. The van der Waals surface area contributed by atoms with Gasteiger partial charge in [-0.3, -0.25) is 9.59 Å². The topological polar surface area (TPSA) is 115 Å². The van der Waals surface area contributed by atoms with Crippen LogP contribution < -0.4 is 0 Å². The smallest absolute Gasteiger partial charge is 0.182 e. The van der Waals surface area contributed by atoms with Crippen molar-refractivity contribution in [2.75, 3.05) is 0 Å². The van der Waals surface area contributed by atoms with E-state index >= 15 is 0 Å². The second-order valence-corrected chi connectivity index (χ2v) is 5.62. The lowest BCUT2D eigenvalue weighted by molar-refractivity contribution is -0.110. The van der Waals surface area contributed by atoms with Crippen molar-refractivity contribution in [1.82, 2.24) is 0 Å². The fourth-order valence-corrected chi connectivity index (χ4v) is 2.21. The van der Waals surface area contributed by atoms with E-state index in [0.717, 1.165) is 6.08 Å². The average Bonchev–Trinajstić information content (AvgIpc) is 2.66. The molecule has 0 fully saturated rings. The molecule has 0 atom stereocenters. The van der Waals surface area contributed by atoms with Gasteiger partial charge < -0.3 is 20.4 Å². The first-order valence-electron chi connectivity index (χ1n) is 7.94. The van der Waals surface area contributed by atoms with Gasteiger partial charge in [-0.1, -0.05) is 24.3 Å². The summed E-state index contributed by atoms with van der Waals surface area (Å²) >= 11 is 0. The first-order chi connectivity index (χ1) is 12.9. The van der Waals surface area contributed by atoms with Gasteiger partial charge in [0, 0.05) is 11.6 Å². The van der Waals surface area contributed by atoms with Gasteiger partial charge in [-0.25, -0.2) is 0 Å². The molecule has 0 saturated carbocycles. The van der Waals surface area contributed by atoms with Crippen molar-refractivity contribution >= 4 is 24.2 Å². The molecule has 2 aromatic carbocycles. The largest absolute Gasteiger partial charge is 0.508 e. The molecule has 0 aliphatic carbocycles. The number of aliphatic hydroxyl groups is 2. The van der Waals surface area contributed by atoms with Crippen LogP contribution in [-0.2, 0) is 11.4 Å². The molecule has 0 radical (unpaired) electrons. The molecular weight excluding hydrogens is 348 g/mol. The van der Waals surface area contributed by atoms with Gasteiger partial charge in [0.05, 0.1) is 12.2 Å². The van der Waals surface area contributed by atoms with E-state index in [1.807, 2.05) is 0 Å². The van der Waals surface area contributed by atoms with Crippen LogP contribution in [0.4, 0.5) is 0 Å². The number of benzene rings is 2. The Morgan fingerprint density at radius 1 is 0.926 bits per heavy atom. The number of aromatic hydroxyl groups is 2. The highest BCUT2D eigenvalue weighted by molar-refractivity contribution is 6.02. The van der Waals surface area contributed by atoms with Crippen molar-refractivity contribution in [2.45, 2.75) is 6.61 Å². The first kappa shape index (κ1) is 19.7. The van der Waals surface area contributed by atoms with Gasteiger partial charge in [0.1, 0.15) is 17.3 Å². The second-order valence-electron chi connectivity index (χ2n) is 5.62. The summed E-state index contributed by atoms with van der Waals surface area (Å²) < 4.78 is 0. The summed E-state index contributed by atoms with van der Waals surface area (Å²) in [5.74, 6) is -0.918. The maximum absolute atomic E-state index is 11.9. The average molecular weight is 366 g/mol. The van der Waals surface area contributed by atoms with Crippen LogP contribution in [0.5, 0.6) is 11.5 Å². The van der Waals surface area contributed by atoms with E-state index in [1.165, 1.54) is 42.5 Å². The molecule has 0 saturated heterocycles. The molecule has 27 heavy (non-hydrogen) atoms. The van der Waals surface area contributed by atoms with E-state index in [1.54, 1.807) is 18.2 Å². The monoisotopic (exact) mass is 366 g/mol. The Balaban J connectivity index is 2.06. The number of hydrogen-bond acceptors (Lipinski definition) is 6. The van der Waals surface area contributed by atoms with E-state index in [2.05, 4.69) is 0 Å². The van der Waals surface area contributed by atoms with Gasteiger partial charge in [-0.2, -0.15) is 0 Å². The van der Waals surface area contributed by atoms with Crippen LogP contribution >= 0.6 is 0 Å². The molecule has 0 aromatic heterocycles. The lowest BCUT2D eigenvalue weighted by Crippen LogP contribution is -1.89. The van der Waals surface area contributed by atoms with Crippen LogP contribution in [0.25, 0.3) is 12.2 Å². The van der Waals surface area contributed by atoms with Crippen LogP contribution in [0.1, 0.15) is 27.0 Å². The number of allylic oxidation sites excluding steroid dienone is 3. The van der Waals surface area contributed by atoms with Crippen LogP contribution in [0, 0.1) is 0 Å². The van der Waals surface area contributed by atoms with E-state index in [9.17, 15) is 24.9 Å². The number of rotatable bonds is 7. The number of carbonyl (C=O) groups is 2. The van der Waals surface area contributed by atoms with Crippen molar-refractivity contribution < 1.29 is 30.0 Å². The molecule has 6 heteroatoms. The fourth-order valence-electron chi connectivity index (χ4n) is 2.21. The number of phenols is 2. The maximum Gasteiger partial charge on any atom is 0.182 e. The van der Waals surface area contributed by atoms with E-state index in [-0.39, 0.29) is 29.4 Å². The van der Waals surface area contributed by atoms with Crippen molar-refractivity contribution in [3.8, 4) is 11.5 Å². The zero-order valence-electron chi connectivity index (χ0n) is 14.2. The summed E-state index contributed by atoms with van der Waals surface area (Å²) in [5.41, 5.74) is 1.64. The Bertz CT molecular complexity index is 938. The Morgan fingerprint density at radius 3 is 2.22 bits per heavy atom. The van der Waals surface area contributed by atoms with Gasteiger partial charge in [0.15, 0.2) is 12.1 Å². The van der Waals surface area contributed by atoms with Crippen LogP contribution in [0.3, 0.4) is 0 Å². The number of carbonyl (C=O) groups excluding carboxylic acids is 2. The number of ketones is 1. The fraction of sp³-hybridized carbons (Fsp3) is 0.0476. The lowest BCUT2D eigenvalue weighted by Gasteiger charge is -2.02. The summed E-state index contributed by atoms with van der Waals surface area (Å²) in [6.07, 6.45) is 7.03. The molecule has 0 bridgehead atoms. The van der Waals surface area contributed by atoms with Crippen LogP contribution in [-0.4, -0.2) is 32.5 Å². The third-order valence-corrected chi connectivity index (χ3v) is 3.63. The zero-order valence-corrected chi connectivity index (χ0v) is 14.2. The molecule has 0 heterocycles. The summed E-state index contributed by atoms with van der Waals surface area (Å²) in [5, 5.41) is 37.9. The van der Waals surface area contributed by atoms with Gasteiger partial charge in [0.25, 0.3) is 0 Å². The maximum atomic E-state index is 11.9. The SMILES string of the molecule is O=Cc1cc(/C=C/C(=O)C=C(O)/C=C/c2ccc(O)c(CO)c2)ccc1O. The summed E-state index contributed by atoms with van der Waals surface area (Å²) in [6.45, 7) is -0.318. The highest BCUT2D eigenvalue weighted by atomic mass is 16.3. The Hall–Kier alpha value is -3.64. The quantitative estimate of drug-likeness (QED) is 0.259. The van der Waals surface area contributed by atoms with Gasteiger partial charge >= 0.3 is 0 Å². The van der Waals surface area contributed by atoms with Gasteiger partial charge in [-0.15, -0.1) is 0 Å². The lowest BCUT2D eigenvalue weighted by atomic mass is 10.1. The molecule has 0 spiro atoms. The number of hydrogen-bond donors (Lipinski definition) is 4. The molecule has 0 unspecified atom stereocenters. The molecule has 2 aromatic rings. The Morgan fingerprint density at radius 2 is 1.56 bits per heavy atom. The summed E-state index contributed by atoms with van der Waals surface area (Å²) in [6, 6.07) is 8.89. The summed E-state index contributed by atoms with van der Waals surface area (Å²) in [7, 11) is 0. The van der Waals surface area contributed by atoms with E-state index in [4.69, 9.17) is 5.11 Å². The van der Waals surface area contributed by atoms with Crippen molar-refractivity contribution in [3.63, 3.8) is 0 Å². The zero-order chi connectivity index (χ0) is 19.8. The van der Waals surface area contributed by atoms with Crippen molar-refractivity contribution in [3.05, 3.63) is 82.6 Å². The first-order valence-corrected chi connectivity index (χ1v) is 7.94. The van der Waals surface area contributed by atoms with E-state index in [0.29, 0.717) is 23.0 Å². The third kappa shape index (κ3) is 5.69. The Labute approximate surface area is 155 Å². The molecule has 4 N–H and O–H groups in total. The number of aldehydes is 1. The second kappa shape index (κ2) is 9.17. The predicted molar refractivity (Wildman–Crippen MR) is 101 cm³/mol. The molecule has 138 valence electrons. The Kier molecular flexibility index (Phi) is 6.68. The third-order valence-electron chi connectivity index (χ3n) is 3.63. The minimum Gasteiger partial charge on any atom is -0.508 e. The van der Waals surface area contributed by atoms with Crippen LogP contribution in [0.2, 0.25) is 0 Å². The molecule has 6 nitrogen and oxygen atoms in total. The molecule has 0 amide bonds.